The van der Waals surface area contributed by atoms with E-state index in [-0.39, 0.29) is 30.2 Å². The van der Waals surface area contributed by atoms with Gasteiger partial charge >= 0.3 is 0 Å². The summed E-state index contributed by atoms with van der Waals surface area (Å²) in [5.74, 6) is -1.04. The summed E-state index contributed by atoms with van der Waals surface area (Å²) in [6, 6.07) is 5.02. The molecular formula is C23H25FN6O3S. The normalized spacial score (nSPS) is 20.7. The molecule has 2 aromatic heterocycles. The molecule has 1 aromatic carbocycles. The number of hydrogen-bond donors (Lipinski definition) is 3. The average Bonchev–Trinajstić information content (AvgIpc) is 3.43. The van der Waals surface area contributed by atoms with E-state index in [1.807, 2.05) is 7.05 Å². The predicted octanol–water partition coefficient (Wildman–Crippen LogP) is 1.51. The fourth-order valence-electron chi connectivity index (χ4n) is 4.51. The molecule has 2 aliphatic rings. The maximum Gasteiger partial charge on any atom is 0.280 e. The van der Waals surface area contributed by atoms with E-state index >= 15 is 0 Å². The molecule has 0 aliphatic carbocycles. The molecule has 0 spiro atoms. The second-order valence-corrected chi connectivity index (χ2v) is 9.92. The van der Waals surface area contributed by atoms with Crippen LogP contribution in [-0.4, -0.2) is 76.8 Å². The minimum atomic E-state index is -0.471. The highest BCUT2D eigenvalue weighted by molar-refractivity contribution is 7.13. The number of rotatable bonds is 5. The number of thiazole rings is 1. The quantitative estimate of drug-likeness (QED) is 0.476. The Kier molecular flexibility index (Phi) is 6.05. The lowest BCUT2D eigenvalue weighted by Crippen LogP contribution is -2.60. The first kappa shape index (κ1) is 22.5. The molecule has 4 heterocycles. The Labute approximate surface area is 199 Å². The van der Waals surface area contributed by atoms with E-state index in [1.165, 1.54) is 23.5 Å². The van der Waals surface area contributed by atoms with Gasteiger partial charge in [-0.05, 0) is 37.7 Å². The lowest BCUT2D eigenvalue weighted by Gasteiger charge is -2.37. The number of benzene rings is 1. The third-order valence-electron chi connectivity index (χ3n) is 6.37. The maximum absolute atomic E-state index is 13.5. The molecule has 5 rings (SSSR count). The minimum Gasteiger partial charge on any atom is -0.351 e. The summed E-state index contributed by atoms with van der Waals surface area (Å²) < 4.78 is 13.5. The molecule has 0 bridgehead atoms. The first-order valence-electron chi connectivity index (χ1n) is 11.2. The van der Waals surface area contributed by atoms with Crippen LogP contribution in [0.5, 0.6) is 0 Å². The molecule has 0 radical (unpaired) electrons. The number of likely N-dealkylation sites (tertiary alicyclic amines) is 1. The number of aromatic amines is 1. The van der Waals surface area contributed by atoms with Gasteiger partial charge in [0, 0.05) is 48.4 Å². The lowest BCUT2D eigenvalue weighted by molar-refractivity contribution is -0.119. The number of H-pyrrole nitrogens is 1. The largest absolute Gasteiger partial charge is 0.351 e. The van der Waals surface area contributed by atoms with Crippen molar-refractivity contribution in [2.45, 2.75) is 31.5 Å². The first-order chi connectivity index (χ1) is 16.4. The highest BCUT2D eigenvalue weighted by atomic mass is 32.1. The van der Waals surface area contributed by atoms with Crippen LogP contribution in [0.2, 0.25) is 0 Å². The molecule has 3 N–H and O–H groups in total. The van der Waals surface area contributed by atoms with E-state index in [0.29, 0.717) is 34.6 Å². The Hall–Kier alpha value is -3.31. The summed E-state index contributed by atoms with van der Waals surface area (Å²) in [7, 11) is 2.04. The number of aromatic nitrogens is 2. The van der Waals surface area contributed by atoms with E-state index < -0.39 is 6.04 Å². The van der Waals surface area contributed by atoms with E-state index in [0.717, 1.165) is 36.5 Å². The van der Waals surface area contributed by atoms with E-state index in [1.54, 1.807) is 17.0 Å². The Morgan fingerprint density at radius 1 is 1.21 bits per heavy atom. The third-order valence-corrected chi connectivity index (χ3v) is 7.45. The number of piperidine rings is 1. The standard InChI is InChI=1S/C23H25FN6O3S/c1-29-6-4-17-20(11-29)34-23(28-17)22(33)27-19-10-30(12-31)7-5-16(19)26-21(32)18-9-13-8-14(24)2-3-15(13)25-18/h2-3,8-9,12,16,19,25H,4-7,10-11H2,1H3,(H,26,32)(H,27,33). The van der Waals surface area contributed by atoms with Crippen LogP contribution in [0.15, 0.2) is 24.3 Å². The second kappa shape index (κ2) is 9.15. The van der Waals surface area contributed by atoms with Gasteiger partial charge in [-0.1, -0.05) is 0 Å². The van der Waals surface area contributed by atoms with Gasteiger partial charge in [0.15, 0.2) is 5.01 Å². The first-order valence-corrected chi connectivity index (χ1v) is 12.0. The molecule has 3 aromatic rings. The van der Waals surface area contributed by atoms with Crippen LogP contribution in [0.25, 0.3) is 10.9 Å². The SMILES string of the molecule is CN1CCc2nc(C(=O)NC3CN(C=O)CCC3NC(=O)c3cc4cc(F)ccc4[nH]3)sc2C1. The van der Waals surface area contributed by atoms with Crippen LogP contribution in [0, 0.1) is 5.82 Å². The van der Waals surface area contributed by atoms with Crippen molar-refractivity contribution in [2.24, 2.45) is 0 Å². The molecule has 1 fully saturated rings. The van der Waals surface area contributed by atoms with Gasteiger partial charge in [-0.3, -0.25) is 14.4 Å². The van der Waals surface area contributed by atoms with Gasteiger partial charge in [-0.15, -0.1) is 11.3 Å². The van der Waals surface area contributed by atoms with Gasteiger partial charge < -0.3 is 25.4 Å². The molecule has 2 unspecified atom stereocenters. The Bertz CT molecular complexity index is 1260. The van der Waals surface area contributed by atoms with Crippen molar-refractivity contribution < 1.29 is 18.8 Å². The molecule has 3 amide bonds. The molecule has 2 atom stereocenters. The molecule has 1 saturated heterocycles. The zero-order chi connectivity index (χ0) is 23.8. The molecule has 9 nitrogen and oxygen atoms in total. The zero-order valence-corrected chi connectivity index (χ0v) is 19.5. The Morgan fingerprint density at radius 2 is 2.03 bits per heavy atom. The summed E-state index contributed by atoms with van der Waals surface area (Å²) in [6.07, 6.45) is 2.05. The van der Waals surface area contributed by atoms with Crippen molar-refractivity contribution in [1.29, 1.82) is 0 Å². The summed E-state index contributed by atoms with van der Waals surface area (Å²) in [5, 5.41) is 6.95. The number of carbonyl (C=O) groups excluding carboxylic acids is 3. The summed E-state index contributed by atoms with van der Waals surface area (Å²) >= 11 is 1.39. The summed E-state index contributed by atoms with van der Waals surface area (Å²) in [5.41, 5.74) is 1.93. The van der Waals surface area contributed by atoms with Crippen molar-refractivity contribution in [3.05, 3.63) is 51.4 Å². The number of hydrogen-bond acceptors (Lipinski definition) is 6. The summed E-state index contributed by atoms with van der Waals surface area (Å²) in [4.78, 5) is 49.7. The van der Waals surface area contributed by atoms with Gasteiger partial charge in [0.2, 0.25) is 6.41 Å². The fraction of sp³-hybridized carbons (Fsp3) is 0.391. The number of nitrogens with zero attached hydrogens (tertiary/aromatic N) is 3. The fourth-order valence-corrected chi connectivity index (χ4v) is 5.61. The number of amides is 3. The van der Waals surface area contributed by atoms with Crippen molar-refractivity contribution in [2.75, 3.05) is 26.7 Å². The van der Waals surface area contributed by atoms with Gasteiger partial charge in [0.05, 0.1) is 17.8 Å². The van der Waals surface area contributed by atoms with Crippen LogP contribution in [0.1, 0.15) is 37.3 Å². The van der Waals surface area contributed by atoms with Crippen LogP contribution in [0.4, 0.5) is 4.39 Å². The monoisotopic (exact) mass is 484 g/mol. The zero-order valence-electron chi connectivity index (χ0n) is 18.6. The van der Waals surface area contributed by atoms with Gasteiger partial charge in [-0.2, -0.15) is 0 Å². The molecule has 34 heavy (non-hydrogen) atoms. The molecule has 11 heteroatoms. The smallest absolute Gasteiger partial charge is 0.280 e. The highest BCUT2D eigenvalue weighted by Gasteiger charge is 2.33. The number of fused-ring (bicyclic) bond motifs is 2. The van der Waals surface area contributed by atoms with Gasteiger partial charge in [-0.25, -0.2) is 9.37 Å². The van der Waals surface area contributed by atoms with Crippen molar-refractivity contribution in [3.63, 3.8) is 0 Å². The number of halogens is 1. The Morgan fingerprint density at radius 3 is 2.85 bits per heavy atom. The second-order valence-electron chi connectivity index (χ2n) is 8.84. The van der Waals surface area contributed by atoms with E-state index in [9.17, 15) is 18.8 Å². The Balaban J connectivity index is 1.31. The lowest BCUT2D eigenvalue weighted by atomic mass is 9.99. The number of nitrogens with one attached hydrogen (secondary N) is 3. The van der Waals surface area contributed by atoms with Crippen LogP contribution < -0.4 is 10.6 Å². The van der Waals surface area contributed by atoms with E-state index in [2.05, 4.69) is 25.5 Å². The van der Waals surface area contributed by atoms with Crippen molar-refractivity contribution in [3.8, 4) is 0 Å². The molecule has 0 saturated carbocycles. The molecule has 2 aliphatic heterocycles. The number of carbonyl (C=O) groups is 3. The topological polar surface area (TPSA) is 110 Å². The van der Waals surface area contributed by atoms with Crippen LogP contribution in [0.3, 0.4) is 0 Å². The predicted molar refractivity (Wildman–Crippen MR) is 125 cm³/mol. The van der Waals surface area contributed by atoms with Gasteiger partial charge in [0.1, 0.15) is 11.5 Å². The number of likely N-dealkylation sites (N-methyl/N-ethyl adjacent to an activating group) is 1. The summed E-state index contributed by atoms with van der Waals surface area (Å²) in [6.45, 7) is 2.43. The maximum atomic E-state index is 13.5. The van der Waals surface area contributed by atoms with Crippen molar-refractivity contribution in [1.82, 2.24) is 30.4 Å². The minimum absolute atomic E-state index is 0.284. The molecular weight excluding hydrogens is 459 g/mol. The molecule has 178 valence electrons. The van der Waals surface area contributed by atoms with Crippen LogP contribution >= 0.6 is 11.3 Å². The van der Waals surface area contributed by atoms with Crippen molar-refractivity contribution >= 4 is 40.5 Å². The highest BCUT2D eigenvalue weighted by Crippen LogP contribution is 2.25. The van der Waals surface area contributed by atoms with E-state index in [4.69, 9.17) is 0 Å². The van der Waals surface area contributed by atoms with Crippen LogP contribution in [-0.2, 0) is 17.8 Å². The third kappa shape index (κ3) is 4.53. The van der Waals surface area contributed by atoms with Gasteiger partial charge in [0.25, 0.3) is 11.8 Å². The average molecular weight is 485 g/mol.